The molecule has 1 unspecified atom stereocenters. The highest BCUT2D eigenvalue weighted by Gasteiger charge is 2.23. The highest BCUT2D eigenvalue weighted by Crippen LogP contribution is 2.31. The molecule has 21 heavy (non-hydrogen) atoms. The highest BCUT2D eigenvalue weighted by molar-refractivity contribution is 8.04. The van der Waals surface area contributed by atoms with Gasteiger partial charge in [-0.2, -0.15) is 5.26 Å². The van der Waals surface area contributed by atoms with Gasteiger partial charge in [0.1, 0.15) is 5.40 Å². The van der Waals surface area contributed by atoms with Crippen LogP contribution in [0.4, 0.5) is 0 Å². The molecule has 0 N–H and O–H groups in total. The van der Waals surface area contributed by atoms with Gasteiger partial charge in [-0.15, -0.1) is 0 Å². The number of nitrogens with zero attached hydrogens (tertiary/aromatic N) is 1. The summed E-state index contributed by atoms with van der Waals surface area (Å²) >= 11 is 0.982. The van der Waals surface area contributed by atoms with Crippen LogP contribution in [0.5, 0.6) is 0 Å². The highest BCUT2D eigenvalue weighted by atomic mass is 32.2. The molecule has 0 aliphatic rings. The van der Waals surface area contributed by atoms with Crippen molar-refractivity contribution in [2.75, 3.05) is 5.75 Å². The van der Waals surface area contributed by atoms with Crippen molar-refractivity contribution in [3.8, 4) is 5.40 Å². The molecule has 0 aromatic heterocycles. The third-order valence-corrected chi connectivity index (χ3v) is 5.87. The van der Waals surface area contributed by atoms with E-state index in [1.807, 2.05) is 48.7 Å². The minimum atomic E-state index is -3.42. The van der Waals surface area contributed by atoms with Crippen LogP contribution in [0.3, 0.4) is 0 Å². The lowest BCUT2D eigenvalue weighted by atomic mass is 10.2. The first-order valence-corrected chi connectivity index (χ1v) is 8.95. The molecule has 0 aliphatic heterocycles. The predicted octanol–water partition coefficient (Wildman–Crippen LogP) is 3.72. The van der Waals surface area contributed by atoms with E-state index in [1.165, 1.54) is 0 Å². The zero-order valence-electron chi connectivity index (χ0n) is 11.6. The monoisotopic (exact) mass is 317 g/mol. The van der Waals surface area contributed by atoms with Crippen molar-refractivity contribution >= 4 is 21.6 Å². The minimum absolute atomic E-state index is 0.0846. The van der Waals surface area contributed by atoms with Gasteiger partial charge in [-0.25, -0.2) is 8.42 Å². The average molecular weight is 317 g/mol. The molecular weight excluding hydrogens is 302 g/mol. The Morgan fingerprint density at radius 1 is 1.14 bits per heavy atom. The Bertz CT molecular complexity index is 749. The summed E-state index contributed by atoms with van der Waals surface area (Å²) in [6, 6.07) is 16.1. The lowest BCUT2D eigenvalue weighted by molar-refractivity contribution is 0.595. The normalized spacial score (nSPS) is 12.6. The lowest BCUT2D eigenvalue weighted by Crippen LogP contribution is -2.13. The van der Waals surface area contributed by atoms with Crippen LogP contribution >= 0.6 is 11.8 Å². The van der Waals surface area contributed by atoms with Gasteiger partial charge in [0.15, 0.2) is 9.84 Å². The third-order valence-electron chi connectivity index (χ3n) is 3.09. The summed E-state index contributed by atoms with van der Waals surface area (Å²) in [5.41, 5.74) is 1.75. The molecule has 108 valence electrons. The van der Waals surface area contributed by atoms with E-state index in [2.05, 4.69) is 0 Å². The third kappa shape index (κ3) is 4.10. The number of thioether (sulfide) groups is 1. The van der Waals surface area contributed by atoms with Gasteiger partial charge in [0.25, 0.3) is 0 Å². The smallest absolute Gasteiger partial charge is 0.179 e. The van der Waals surface area contributed by atoms with Crippen molar-refractivity contribution in [2.45, 2.75) is 17.1 Å². The summed E-state index contributed by atoms with van der Waals surface area (Å²) < 4.78 is 25.0. The number of aryl methyl sites for hydroxylation is 1. The van der Waals surface area contributed by atoms with E-state index in [0.29, 0.717) is 4.90 Å². The molecule has 2 aromatic rings. The van der Waals surface area contributed by atoms with Crippen LogP contribution in [-0.2, 0) is 9.84 Å². The van der Waals surface area contributed by atoms with E-state index in [9.17, 15) is 8.42 Å². The minimum Gasteiger partial charge on any atom is -0.224 e. The molecule has 0 saturated heterocycles. The van der Waals surface area contributed by atoms with Gasteiger partial charge in [-0.3, -0.25) is 0 Å². The maximum Gasteiger partial charge on any atom is 0.179 e. The second-order valence-electron chi connectivity index (χ2n) is 4.71. The van der Waals surface area contributed by atoms with Crippen LogP contribution < -0.4 is 0 Å². The van der Waals surface area contributed by atoms with Gasteiger partial charge in [-0.1, -0.05) is 42.5 Å². The quantitative estimate of drug-likeness (QED) is 0.789. The molecule has 2 rings (SSSR count). The van der Waals surface area contributed by atoms with Gasteiger partial charge in [0.2, 0.25) is 0 Å². The van der Waals surface area contributed by atoms with E-state index in [-0.39, 0.29) is 11.0 Å². The second-order valence-corrected chi connectivity index (χ2v) is 7.73. The molecular formula is C16H15NO2S2. The Morgan fingerprint density at radius 2 is 1.86 bits per heavy atom. The van der Waals surface area contributed by atoms with Gasteiger partial charge in [0, 0.05) is 0 Å². The Labute approximate surface area is 129 Å². The van der Waals surface area contributed by atoms with E-state index in [1.54, 1.807) is 18.2 Å². The van der Waals surface area contributed by atoms with Gasteiger partial charge in [0.05, 0.1) is 15.9 Å². The van der Waals surface area contributed by atoms with E-state index in [0.717, 1.165) is 22.9 Å². The Hall–Kier alpha value is -1.77. The Morgan fingerprint density at radius 3 is 2.48 bits per heavy atom. The Balaban J connectivity index is 2.30. The number of thiocyanates is 1. The van der Waals surface area contributed by atoms with Crippen molar-refractivity contribution in [1.82, 2.24) is 0 Å². The molecule has 0 bridgehead atoms. The number of hydrogen-bond donors (Lipinski definition) is 0. The van der Waals surface area contributed by atoms with Crippen LogP contribution in [0.2, 0.25) is 0 Å². The van der Waals surface area contributed by atoms with Crippen LogP contribution in [0.15, 0.2) is 59.5 Å². The van der Waals surface area contributed by atoms with Gasteiger partial charge >= 0.3 is 0 Å². The molecule has 0 spiro atoms. The van der Waals surface area contributed by atoms with E-state index >= 15 is 0 Å². The first kappa shape index (κ1) is 15.6. The van der Waals surface area contributed by atoms with Crippen molar-refractivity contribution in [1.29, 1.82) is 5.26 Å². The van der Waals surface area contributed by atoms with Gasteiger partial charge in [-0.05, 0) is 41.9 Å². The molecule has 3 nitrogen and oxygen atoms in total. The molecule has 0 radical (unpaired) electrons. The molecule has 0 fully saturated rings. The molecule has 0 saturated carbocycles. The summed E-state index contributed by atoms with van der Waals surface area (Å²) in [6.45, 7) is 1.86. The maximum atomic E-state index is 12.5. The first-order valence-electron chi connectivity index (χ1n) is 6.42. The molecule has 0 heterocycles. The van der Waals surface area contributed by atoms with E-state index in [4.69, 9.17) is 5.26 Å². The fraction of sp³-hybridized carbons (Fsp3) is 0.188. The summed E-state index contributed by atoms with van der Waals surface area (Å²) in [6.07, 6.45) is 0. The van der Waals surface area contributed by atoms with Crippen molar-refractivity contribution in [3.63, 3.8) is 0 Å². The van der Waals surface area contributed by atoms with Crippen molar-refractivity contribution in [3.05, 3.63) is 65.7 Å². The van der Waals surface area contributed by atoms with Crippen molar-refractivity contribution < 1.29 is 8.42 Å². The summed E-state index contributed by atoms with van der Waals surface area (Å²) in [5, 5.41) is 10.5. The number of sulfone groups is 1. The first-order chi connectivity index (χ1) is 10.0. The number of nitriles is 1. The van der Waals surface area contributed by atoms with Gasteiger partial charge < -0.3 is 0 Å². The number of rotatable bonds is 5. The largest absolute Gasteiger partial charge is 0.224 e. The zero-order valence-corrected chi connectivity index (χ0v) is 13.2. The topological polar surface area (TPSA) is 57.9 Å². The molecule has 1 atom stereocenters. The number of benzene rings is 2. The van der Waals surface area contributed by atoms with Crippen LogP contribution in [-0.4, -0.2) is 14.2 Å². The molecule has 2 aromatic carbocycles. The zero-order chi connectivity index (χ0) is 15.3. The fourth-order valence-electron chi connectivity index (χ4n) is 2.03. The SMILES string of the molecule is Cc1cccc(S(=O)(=O)CC(SC#N)c2ccccc2)c1. The van der Waals surface area contributed by atoms with Crippen LogP contribution in [0.25, 0.3) is 0 Å². The van der Waals surface area contributed by atoms with Crippen LogP contribution in [0, 0.1) is 17.6 Å². The molecule has 0 aliphatic carbocycles. The molecule has 0 amide bonds. The standard InChI is InChI=1S/C16H15NO2S2/c1-13-6-5-9-15(10-13)21(18,19)11-16(20-12-17)14-7-3-2-4-8-14/h2-10,16H,11H2,1H3. The van der Waals surface area contributed by atoms with E-state index < -0.39 is 9.84 Å². The fourth-order valence-corrected chi connectivity index (χ4v) is 4.70. The maximum absolute atomic E-state index is 12.5. The summed E-state index contributed by atoms with van der Waals surface area (Å²) in [7, 11) is -3.42. The Kier molecular flexibility index (Phi) is 5.05. The molecule has 5 heteroatoms. The summed E-state index contributed by atoms with van der Waals surface area (Å²) in [4.78, 5) is 0.307. The van der Waals surface area contributed by atoms with Crippen molar-refractivity contribution in [2.24, 2.45) is 0 Å². The summed E-state index contributed by atoms with van der Waals surface area (Å²) in [5.74, 6) is -0.0846. The number of hydrogen-bond acceptors (Lipinski definition) is 4. The lowest BCUT2D eigenvalue weighted by Gasteiger charge is -2.14. The average Bonchev–Trinajstić information content (AvgIpc) is 2.47. The van der Waals surface area contributed by atoms with Crippen LogP contribution in [0.1, 0.15) is 16.4 Å². The second kappa shape index (κ2) is 6.79. The predicted molar refractivity (Wildman–Crippen MR) is 85.6 cm³/mol.